The van der Waals surface area contributed by atoms with Gasteiger partial charge in [-0.05, 0) is 51.1 Å². The lowest BCUT2D eigenvalue weighted by Gasteiger charge is -2.21. The number of nitrogens with one attached hydrogen (secondary N) is 1. The van der Waals surface area contributed by atoms with Crippen molar-refractivity contribution in [2.75, 3.05) is 13.7 Å². The molecule has 0 radical (unpaired) electrons. The van der Waals surface area contributed by atoms with E-state index in [1.165, 1.54) is 0 Å². The second-order valence-corrected chi connectivity index (χ2v) is 6.06. The van der Waals surface area contributed by atoms with Crippen LogP contribution in [0.4, 0.5) is 0 Å². The minimum Gasteiger partial charge on any atom is -0.496 e. The molecule has 0 amide bonds. The molecule has 4 heteroatoms. The zero-order valence-corrected chi connectivity index (χ0v) is 14.6. The number of aryl methyl sites for hydroxylation is 2. The van der Waals surface area contributed by atoms with Crippen LogP contribution in [-0.4, -0.2) is 13.7 Å². The molecular formula is C17H22BrNO2. The van der Waals surface area contributed by atoms with Crippen LogP contribution in [-0.2, 0) is 0 Å². The molecule has 1 unspecified atom stereocenters. The Kier molecular flexibility index (Phi) is 5.48. The van der Waals surface area contributed by atoms with Crippen LogP contribution in [0.2, 0.25) is 0 Å². The lowest BCUT2D eigenvalue weighted by molar-refractivity contribution is 0.403. The number of hydrogen-bond acceptors (Lipinski definition) is 3. The van der Waals surface area contributed by atoms with Crippen molar-refractivity contribution >= 4 is 15.9 Å². The zero-order valence-electron chi connectivity index (χ0n) is 13.0. The first-order valence-corrected chi connectivity index (χ1v) is 7.99. The molecule has 1 atom stereocenters. The number of methoxy groups -OCH3 is 1. The van der Waals surface area contributed by atoms with E-state index < -0.39 is 0 Å². The average molecular weight is 352 g/mol. The highest BCUT2D eigenvalue weighted by Crippen LogP contribution is 2.34. The third kappa shape index (κ3) is 3.69. The zero-order chi connectivity index (χ0) is 15.4. The molecular weight excluding hydrogens is 330 g/mol. The van der Waals surface area contributed by atoms with Gasteiger partial charge in [0.2, 0.25) is 0 Å². The fourth-order valence-corrected chi connectivity index (χ4v) is 2.92. The summed E-state index contributed by atoms with van der Waals surface area (Å²) >= 11 is 3.55. The van der Waals surface area contributed by atoms with Crippen molar-refractivity contribution in [2.24, 2.45) is 0 Å². The summed E-state index contributed by atoms with van der Waals surface area (Å²) in [5, 5.41) is 3.60. The molecule has 0 fully saturated rings. The van der Waals surface area contributed by atoms with Gasteiger partial charge in [0, 0.05) is 15.6 Å². The molecule has 0 aliphatic heterocycles. The van der Waals surface area contributed by atoms with E-state index in [-0.39, 0.29) is 6.04 Å². The topological polar surface area (TPSA) is 34.4 Å². The summed E-state index contributed by atoms with van der Waals surface area (Å²) in [5.41, 5.74) is 2.28. The number of benzene rings is 1. The Morgan fingerprint density at radius 3 is 2.57 bits per heavy atom. The van der Waals surface area contributed by atoms with Crippen LogP contribution in [0.15, 0.2) is 33.2 Å². The normalized spacial score (nSPS) is 12.4. The van der Waals surface area contributed by atoms with Gasteiger partial charge in [0.15, 0.2) is 0 Å². The molecule has 1 heterocycles. The van der Waals surface area contributed by atoms with Gasteiger partial charge in [0.1, 0.15) is 17.3 Å². The molecule has 0 aliphatic rings. The summed E-state index contributed by atoms with van der Waals surface area (Å²) in [6, 6.07) is 8.25. The summed E-state index contributed by atoms with van der Waals surface area (Å²) in [6.07, 6.45) is 1.07. The molecule has 3 nitrogen and oxygen atoms in total. The third-order valence-corrected chi connectivity index (χ3v) is 3.98. The summed E-state index contributed by atoms with van der Waals surface area (Å²) in [4.78, 5) is 0. The van der Waals surface area contributed by atoms with Crippen molar-refractivity contribution in [3.63, 3.8) is 0 Å². The van der Waals surface area contributed by atoms with Crippen LogP contribution in [0.3, 0.4) is 0 Å². The largest absolute Gasteiger partial charge is 0.496 e. The van der Waals surface area contributed by atoms with E-state index >= 15 is 0 Å². The number of rotatable bonds is 6. The molecule has 0 saturated heterocycles. The van der Waals surface area contributed by atoms with E-state index in [1.54, 1.807) is 7.11 Å². The molecule has 0 saturated carbocycles. The van der Waals surface area contributed by atoms with Gasteiger partial charge in [-0.2, -0.15) is 0 Å². The fraction of sp³-hybridized carbons (Fsp3) is 0.412. The SMILES string of the molecule is CCCNC(c1cc(Br)ccc1OC)c1cc(C)oc1C. The van der Waals surface area contributed by atoms with E-state index in [4.69, 9.17) is 9.15 Å². The summed E-state index contributed by atoms with van der Waals surface area (Å²) in [5.74, 6) is 2.76. The van der Waals surface area contributed by atoms with Crippen LogP contribution < -0.4 is 10.1 Å². The first-order valence-electron chi connectivity index (χ1n) is 7.20. The number of ether oxygens (including phenoxy) is 1. The molecule has 114 valence electrons. The average Bonchev–Trinajstić information content (AvgIpc) is 2.78. The van der Waals surface area contributed by atoms with E-state index in [0.29, 0.717) is 0 Å². The summed E-state index contributed by atoms with van der Waals surface area (Å²) in [6.45, 7) is 7.08. The van der Waals surface area contributed by atoms with Gasteiger partial charge < -0.3 is 14.5 Å². The molecule has 2 rings (SSSR count). The van der Waals surface area contributed by atoms with Gasteiger partial charge in [0.05, 0.1) is 13.2 Å². The number of halogens is 1. The minimum atomic E-state index is 0.0647. The molecule has 1 aromatic carbocycles. The predicted molar refractivity (Wildman–Crippen MR) is 89.0 cm³/mol. The Balaban J connectivity index is 2.50. The predicted octanol–water partition coefficient (Wildman–Crippen LogP) is 4.76. The van der Waals surface area contributed by atoms with Crippen LogP contribution in [0.25, 0.3) is 0 Å². The van der Waals surface area contributed by atoms with Gasteiger partial charge in [0.25, 0.3) is 0 Å². The van der Waals surface area contributed by atoms with E-state index in [1.807, 2.05) is 26.0 Å². The van der Waals surface area contributed by atoms with Crippen LogP contribution in [0, 0.1) is 13.8 Å². The highest BCUT2D eigenvalue weighted by Gasteiger charge is 2.22. The van der Waals surface area contributed by atoms with Gasteiger partial charge in [-0.1, -0.05) is 22.9 Å². The van der Waals surface area contributed by atoms with Crippen molar-refractivity contribution in [3.8, 4) is 5.75 Å². The minimum absolute atomic E-state index is 0.0647. The molecule has 0 aliphatic carbocycles. The highest BCUT2D eigenvalue weighted by molar-refractivity contribution is 9.10. The maximum Gasteiger partial charge on any atom is 0.124 e. The molecule has 21 heavy (non-hydrogen) atoms. The lowest BCUT2D eigenvalue weighted by atomic mass is 9.97. The van der Waals surface area contributed by atoms with Crippen LogP contribution >= 0.6 is 15.9 Å². The number of hydrogen-bond donors (Lipinski definition) is 1. The summed E-state index contributed by atoms with van der Waals surface area (Å²) in [7, 11) is 1.71. The van der Waals surface area contributed by atoms with Crippen LogP contribution in [0.5, 0.6) is 5.75 Å². The third-order valence-electron chi connectivity index (χ3n) is 3.49. The van der Waals surface area contributed by atoms with Crippen molar-refractivity contribution in [1.29, 1.82) is 0 Å². The number of furan rings is 1. The maximum atomic E-state index is 5.71. The quantitative estimate of drug-likeness (QED) is 0.814. The fourth-order valence-electron chi connectivity index (χ4n) is 2.54. The van der Waals surface area contributed by atoms with E-state index in [9.17, 15) is 0 Å². The maximum absolute atomic E-state index is 5.71. The van der Waals surface area contributed by atoms with E-state index in [0.717, 1.165) is 45.8 Å². The van der Waals surface area contributed by atoms with Gasteiger partial charge in [-0.25, -0.2) is 0 Å². The van der Waals surface area contributed by atoms with Crippen molar-refractivity contribution in [3.05, 3.63) is 51.4 Å². The van der Waals surface area contributed by atoms with Crippen molar-refractivity contribution < 1.29 is 9.15 Å². The Morgan fingerprint density at radius 1 is 1.24 bits per heavy atom. The van der Waals surface area contributed by atoms with Crippen molar-refractivity contribution in [2.45, 2.75) is 33.2 Å². The standard InChI is InChI=1S/C17H22BrNO2/c1-5-8-19-17(14-9-11(2)21-12(14)3)15-10-13(18)6-7-16(15)20-4/h6-7,9-10,17,19H,5,8H2,1-4H3. The first kappa shape index (κ1) is 16.1. The monoisotopic (exact) mass is 351 g/mol. The Morgan fingerprint density at radius 2 is 2.00 bits per heavy atom. The lowest BCUT2D eigenvalue weighted by Crippen LogP contribution is -2.24. The van der Waals surface area contributed by atoms with E-state index in [2.05, 4.69) is 40.3 Å². The van der Waals surface area contributed by atoms with Crippen molar-refractivity contribution in [1.82, 2.24) is 5.32 Å². The highest BCUT2D eigenvalue weighted by atomic mass is 79.9. The van der Waals surface area contributed by atoms with Gasteiger partial charge in [-0.15, -0.1) is 0 Å². The molecule has 0 spiro atoms. The Bertz CT molecular complexity index is 607. The van der Waals surface area contributed by atoms with Gasteiger partial charge in [-0.3, -0.25) is 0 Å². The Hall–Kier alpha value is -1.26. The first-order chi connectivity index (χ1) is 10.1. The second kappa shape index (κ2) is 7.14. The second-order valence-electron chi connectivity index (χ2n) is 5.14. The molecule has 0 bridgehead atoms. The smallest absolute Gasteiger partial charge is 0.124 e. The van der Waals surface area contributed by atoms with Crippen LogP contribution in [0.1, 0.15) is 42.0 Å². The van der Waals surface area contributed by atoms with Gasteiger partial charge >= 0.3 is 0 Å². The Labute approximate surface area is 134 Å². The molecule has 2 aromatic rings. The molecule has 1 N–H and O–H groups in total. The molecule has 1 aromatic heterocycles. The summed E-state index contributed by atoms with van der Waals surface area (Å²) < 4.78 is 12.3.